The topological polar surface area (TPSA) is 24.9 Å². The molecule has 1 aliphatic carbocycles. The second-order valence-corrected chi connectivity index (χ2v) is 4.03. The van der Waals surface area contributed by atoms with Gasteiger partial charge in [-0.15, -0.1) is 0 Å². The molecule has 2 unspecified atom stereocenters. The van der Waals surface area contributed by atoms with E-state index in [4.69, 9.17) is 0 Å². The third-order valence-corrected chi connectivity index (χ3v) is 2.86. The predicted octanol–water partition coefficient (Wildman–Crippen LogP) is 2.60. The zero-order chi connectivity index (χ0) is 9.26. The molecule has 2 atom stereocenters. The molecule has 1 N–H and O–H groups in total. The highest BCUT2D eigenvalue weighted by molar-refractivity contribution is 5.37. The Morgan fingerprint density at radius 1 is 1.38 bits per heavy atom. The molecule has 1 fully saturated rings. The Morgan fingerprint density at radius 2 is 2.23 bits per heavy atom. The molecule has 2 heteroatoms. The maximum Gasteiger partial charge on any atom is 0.126 e. The van der Waals surface area contributed by atoms with Gasteiger partial charge in [-0.05, 0) is 37.3 Å². The summed E-state index contributed by atoms with van der Waals surface area (Å²) in [4.78, 5) is 4.32. The van der Waals surface area contributed by atoms with Crippen LogP contribution in [0.3, 0.4) is 0 Å². The molecule has 0 bridgehead atoms. The summed E-state index contributed by atoms with van der Waals surface area (Å²) >= 11 is 0. The van der Waals surface area contributed by atoms with Gasteiger partial charge in [-0.25, -0.2) is 4.98 Å². The van der Waals surface area contributed by atoms with Crippen LogP contribution in [-0.4, -0.2) is 11.0 Å². The van der Waals surface area contributed by atoms with E-state index in [9.17, 15) is 0 Å². The molecule has 2 nitrogen and oxygen atoms in total. The Labute approximate surface area is 79.4 Å². The van der Waals surface area contributed by atoms with Crippen LogP contribution in [0.15, 0.2) is 18.3 Å². The number of hydrogen-bond donors (Lipinski definition) is 1. The van der Waals surface area contributed by atoms with Crippen LogP contribution >= 0.6 is 0 Å². The number of aryl methyl sites for hydroxylation is 1. The van der Waals surface area contributed by atoms with Crippen LogP contribution in [0, 0.1) is 12.8 Å². The molecule has 0 saturated heterocycles. The van der Waals surface area contributed by atoms with Gasteiger partial charge >= 0.3 is 0 Å². The lowest BCUT2D eigenvalue weighted by Crippen LogP contribution is -2.36. The third-order valence-electron chi connectivity index (χ3n) is 2.86. The Bertz CT molecular complexity index is 279. The van der Waals surface area contributed by atoms with Crippen molar-refractivity contribution >= 4 is 5.82 Å². The van der Waals surface area contributed by atoms with Crippen LogP contribution < -0.4 is 5.32 Å². The van der Waals surface area contributed by atoms with Gasteiger partial charge in [-0.3, -0.25) is 0 Å². The molecule has 0 aromatic carbocycles. The fraction of sp³-hybridized carbons (Fsp3) is 0.545. The lowest BCUT2D eigenvalue weighted by atomic mass is 9.81. The van der Waals surface area contributed by atoms with E-state index in [0.29, 0.717) is 6.04 Å². The highest BCUT2D eigenvalue weighted by Crippen LogP contribution is 2.28. The second-order valence-electron chi connectivity index (χ2n) is 4.03. The average Bonchev–Trinajstić information content (AvgIpc) is 2.15. The lowest BCUT2D eigenvalue weighted by molar-refractivity contribution is 0.303. The zero-order valence-electron chi connectivity index (χ0n) is 8.25. The smallest absolute Gasteiger partial charge is 0.126 e. The first-order valence-corrected chi connectivity index (χ1v) is 4.95. The quantitative estimate of drug-likeness (QED) is 0.749. The first-order chi connectivity index (χ1) is 6.25. The summed E-state index contributed by atoms with van der Waals surface area (Å²) in [5, 5.41) is 3.44. The van der Waals surface area contributed by atoms with E-state index < -0.39 is 0 Å². The van der Waals surface area contributed by atoms with Gasteiger partial charge in [0.1, 0.15) is 5.82 Å². The lowest BCUT2D eigenvalue weighted by Gasteiger charge is -2.34. The number of nitrogens with zero attached hydrogens (tertiary/aromatic N) is 1. The van der Waals surface area contributed by atoms with Crippen molar-refractivity contribution in [3.8, 4) is 0 Å². The van der Waals surface area contributed by atoms with E-state index in [0.717, 1.165) is 11.7 Å². The molecule has 0 spiro atoms. The maximum absolute atomic E-state index is 4.32. The predicted molar refractivity (Wildman–Crippen MR) is 54.8 cm³/mol. The molecule has 2 rings (SSSR count). The van der Waals surface area contributed by atoms with Crippen LogP contribution in [0.4, 0.5) is 5.82 Å². The number of nitrogens with one attached hydrogen (secondary N) is 1. The van der Waals surface area contributed by atoms with Crippen molar-refractivity contribution in [1.29, 1.82) is 0 Å². The molecular weight excluding hydrogens is 160 g/mol. The van der Waals surface area contributed by atoms with Crippen molar-refractivity contribution in [2.24, 2.45) is 5.92 Å². The Kier molecular flexibility index (Phi) is 2.21. The number of anilines is 1. The minimum absolute atomic E-state index is 0.648. The van der Waals surface area contributed by atoms with Gasteiger partial charge in [0.05, 0.1) is 0 Å². The van der Waals surface area contributed by atoms with Gasteiger partial charge in [-0.1, -0.05) is 13.0 Å². The van der Waals surface area contributed by atoms with E-state index in [2.05, 4.69) is 36.3 Å². The first-order valence-electron chi connectivity index (χ1n) is 4.95. The summed E-state index contributed by atoms with van der Waals surface area (Å²) in [7, 11) is 0. The number of aromatic nitrogens is 1. The van der Waals surface area contributed by atoms with E-state index >= 15 is 0 Å². The van der Waals surface area contributed by atoms with E-state index in [1.807, 2.05) is 6.20 Å². The second kappa shape index (κ2) is 3.36. The summed E-state index contributed by atoms with van der Waals surface area (Å²) in [6.45, 7) is 4.35. The molecule has 1 aromatic heterocycles. The molecule has 1 saturated carbocycles. The van der Waals surface area contributed by atoms with Gasteiger partial charge in [0.15, 0.2) is 0 Å². The number of hydrogen-bond acceptors (Lipinski definition) is 2. The molecule has 13 heavy (non-hydrogen) atoms. The van der Waals surface area contributed by atoms with Gasteiger partial charge in [0.2, 0.25) is 0 Å². The van der Waals surface area contributed by atoms with Gasteiger partial charge in [0.25, 0.3) is 0 Å². The summed E-state index contributed by atoms with van der Waals surface area (Å²) in [5.74, 6) is 1.82. The molecule has 1 aliphatic rings. The molecule has 70 valence electrons. The molecular formula is C11H16N2. The van der Waals surface area contributed by atoms with Crippen molar-refractivity contribution in [3.05, 3.63) is 23.9 Å². The van der Waals surface area contributed by atoms with Gasteiger partial charge in [0, 0.05) is 12.2 Å². The minimum atomic E-state index is 0.648. The van der Waals surface area contributed by atoms with Crippen LogP contribution in [0.2, 0.25) is 0 Å². The fourth-order valence-electron chi connectivity index (χ4n) is 1.62. The highest BCUT2D eigenvalue weighted by Gasteiger charge is 2.26. The maximum atomic E-state index is 4.32. The first kappa shape index (κ1) is 8.54. The molecule has 0 radical (unpaired) electrons. The van der Waals surface area contributed by atoms with Crippen molar-refractivity contribution in [2.75, 3.05) is 5.32 Å². The summed E-state index contributed by atoms with van der Waals surface area (Å²) in [5.41, 5.74) is 1.22. The third kappa shape index (κ3) is 1.82. The Hall–Kier alpha value is -1.05. The minimum Gasteiger partial charge on any atom is -0.367 e. The molecule has 1 heterocycles. The van der Waals surface area contributed by atoms with E-state index in [1.165, 1.54) is 18.4 Å². The SMILES string of the molecule is Cc1ccc(NC2CCC2C)nc1. The van der Waals surface area contributed by atoms with Crippen LogP contribution in [0.1, 0.15) is 25.3 Å². The number of pyridine rings is 1. The van der Waals surface area contributed by atoms with Crippen LogP contribution in [0.25, 0.3) is 0 Å². The normalized spacial score (nSPS) is 26.6. The fourth-order valence-corrected chi connectivity index (χ4v) is 1.62. The Balaban J connectivity index is 1.98. The molecule has 1 aromatic rings. The summed E-state index contributed by atoms with van der Waals surface area (Å²) in [6, 6.07) is 4.80. The van der Waals surface area contributed by atoms with Gasteiger partial charge in [-0.2, -0.15) is 0 Å². The zero-order valence-corrected chi connectivity index (χ0v) is 8.25. The largest absolute Gasteiger partial charge is 0.367 e. The van der Waals surface area contributed by atoms with E-state index in [-0.39, 0.29) is 0 Å². The summed E-state index contributed by atoms with van der Waals surface area (Å²) < 4.78 is 0. The van der Waals surface area contributed by atoms with Crippen molar-refractivity contribution < 1.29 is 0 Å². The van der Waals surface area contributed by atoms with Crippen LogP contribution in [-0.2, 0) is 0 Å². The van der Waals surface area contributed by atoms with Crippen molar-refractivity contribution in [3.63, 3.8) is 0 Å². The highest BCUT2D eigenvalue weighted by atomic mass is 15.0. The van der Waals surface area contributed by atoms with Crippen LogP contribution in [0.5, 0.6) is 0 Å². The molecule has 0 amide bonds. The monoisotopic (exact) mass is 176 g/mol. The number of rotatable bonds is 2. The summed E-state index contributed by atoms with van der Waals surface area (Å²) in [6.07, 6.45) is 4.55. The Morgan fingerprint density at radius 3 is 2.69 bits per heavy atom. The average molecular weight is 176 g/mol. The van der Waals surface area contributed by atoms with Crippen molar-refractivity contribution in [2.45, 2.75) is 32.7 Å². The van der Waals surface area contributed by atoms with Gasteiger partial charge < -0.3 is 5.32 Å². The molecule has 0 aliphatic heterocycles. The standard InChI is InChI=1S/C11H16N2/c1-8-3-6-11(12-7-8)13-10-5-4-9(10)2/h3,6-7,9-10H,4-5H2,1-2H3,(H,12,13). The van der Waals surface area contributed by atoms with E-state index in [1.54, 1.807) is 0 Å². The van der Waals surface area contributed by atoms with Crippen molar-refractivity contribution in [1.82, 2.24) is 4.98 Å².